The molecular weight excluding hydrogens is 246 g/mol. The van der Waals surface area contributed by atoms with E-state index in [0.29, 0.717) is 11.8 Å². The van der Waals surface area contributed by atoms with Gasteiger partial charge in [0.25, 0.3) is 0 Å². The Labute approximate surface area is 121 Å². The molecular formula is C18H25NO. The number of hydrogen-bond donors (Lipinski definition) is 2. The maximum atomic E-state index is 9.79. The van der Waals surface area contributed by atoms with Gasteiger partial charge in [-0.15, -0.1) is 0 Å². The fourth-order valence-electron chi connectivity index (χ4n) is 5.39. The lowest BCUT2D eigenvalue weighted by atomic mass is 9.79. The van der Waals surface area contributed by atoms with E-state index in [4.69, 9.17) is 0 Å². The quantitative estimate of drug-likeness (QED) is 0.788. The molecule has 0 aromatic heterocycles. The van der Waals surface area contributed by atoms with Crippen molar-refractivity contribution < 1.29 is 5.11 Å². The second-order valence-electron chi connectivity index (χ2n) is 7.36. The zero-order chi connectivity index (χ0) is 13.9. The molecule has 2 heteroatoms. The molecule has 0 heterocycles. The maximum Gasteiger partial charge on any atom is 0.118 e. The Bertz CT molecular complexity index is 538. The van der Waals surface area contributed by atoms with Crippen LogP contribution in [0.2, 0.25) is 0 Å². The summed E-state index contributed by atoms with van der Waals surface area (Å²) in [5.74, 6) is 4.37. The molecule has 20 heavy (non-hydrogen) atoms. The van der Waals surface area contributed by atoms with Gasteiger partial charge in [-0.05, 0) is 86.5 Å². The van der Waals surface area contributed by atoms with Crippen molar-refractivity contribution in [2.24, 2.45) is 23.7 Å². The van der Waals surface area contributed by atoms with Crippen LogP contribution in [0.1, 0.15) is 43.2 Å². The summed E-state index contributed by atoms with van der Waals surface area (Å²) in [6, 6.07) is 4.67. The van der Waals surface area contributed by atoms with Gasteiger partial charge in [0.2, 0.25) is 0 Å². The Kier molecular flexibility index (Phi) is 2.77. The molecule has 5 unspecified atom stereocenters. The zero-order valence-corrected chi connectivity index (χ0v) is 12.5. The number of benzene rings is 1. The summed E-state index contributed by atoms with van der Waals surface area (Å²) in [6.07, 6.45) is 7.26. The van der Waals surface area contributed by atoms with Crippen LogP contribution in [0.25, 0.3) is 0 Å². The molecule has 1 aromatic carbocycles. The first kappa shape index (κ1) is 12.6. The van der Waals surface area contributed by atoms with Gasteiger partial charge < -0.3 is 10.4 Å². The molecule has 0 radical (unpaired) electrons. The average Bonchev–Trinajstić information content (AvgIpc) is 3.07. The SMILES string of the molecule is Cc1cc(NC2CC3CC2C2CCCC32)c(C)cc1O. The van der Waals surface area contributed by atoms with Crippen LogP contribution < -0.4 is 5.32 Å². The van der Waals surface area contributed by atoms with E-state index in [9.17, 15) is 5.11 Å². The number of rotatable bonds is 2. The van der Waals surface area contributed by atoms with Crippen LogP contribution in [-0.4, -0.2) is 11.1 Å². The monoisotopic (exact) mass is 271 g/mol. The van der Waals surface area contributed by atoms with Crippen molar-refractivity contribution in [3.63, 3.8) is 0 Å². The lowest BCUT2D eigenvalue weighted by molar-refractivity contribution is 0.243. The standard InChI is InChI=1S/C18H25NO/c1-10-7-18(20)11(2)6-16(10)19-17-9-12-8-15(17)14-5-3-4-13(12)14/h6-7,12-15,17,19-20H,3-5,8-9H2,1-2H3. The third-order valence-electron chi connectivity index (χ3n) is 6.31. The van der Waals surface area contributed by atoms with Crippen LogP contribution in [0, 0.1) is 37.5 Å². The van der Waals surface area contributed by atoms with Gasteiger partial charge in [0.05, 0.1) is 0 Å². The zero-order valence-electron chi connectivity index (χ0n) is 12.5. The van der Waals surface area contributed by atoms with E-state index in [-0.39, 0.29) is 0 Å². The van der Waals surface area contributed by atoms with Gasteiger partial charge in [0.1, 0.15) is 5.75 Å². The fourth-order valence-corrected chi connectivity index (χ4v) is 5.39. The van der Waals surface area contributed by atoms with Crippen molar-refractivity contribution in [2.45, 2.75) is 52.0 Å². The number of anilines is 1. The first-order valence-corrected chi connectivity index (χ1v) is 8.20. The molecule has 3 aliphatic rings. The highest BCUT2D eigenvalue weighted by Crippen LogP contribution is 2.59. The number of phenolic OH excluding ortho intramolecular Hbond substituents is 1. The van der Waals surface area contributed by atoms with Gasteiger partial charge in [-0.1, -0.05) is 6.42 Å². The first-order chi connectivity index (χ1) is 9.63. The average molecular weight is 271 g/mol. The Balaban J connectivity index is 1.55. The van der Waals surface area contributed by atoms with Gasteiger partial charge in [-0.3, -0.25) is 0 Å². The van der Waals surface area contributed by atoms with E-state index in [1.54, 1.807) is 0 Å². The predicted octanol–water partition coefficient (Wildman–Crippen LogP) is 4.25. The number of nitrogens with one attached hydrogen (secondary N) is 1. The summed E-state index contributed by atoms with van der Waals surface area (Å²) < 4.78 is 0. The smallest absolute Gasteiger partial charge is 0.118 e. The van der Waals surface area contributed by atoms with E-state index >= 15 is 0 Å². The largest absolute Gasteiger partial charge is 0.508 e. The van der Waals surface area contributed by atoms with Crippen LogP contribution in [0.4, 0.5) is 5.69 Å². The van der Waals surface area contributed by atoms with Crippen molar-refractivity contribution in [1.29, 1.82) is 0 Å². The number of fused-ring (bicyclic) bond motifs is 5. The fraction of sp³-hybridized carbons (Fsp3) is 0.667. The molecule has 3 aliphatic carbocycles. The van der Waals surface area contributed by atoms with E-state index < -0.39 is 0 Å². The maximum absolute atomic E-state index is 9.79. The molecule has 0 amide bonds. The lowest BCUT2D eigenvalue weighted by Gasteiger charge is -2.33. The Morgan fingerprint density at radius 2 is 1.80 bits per heavy atom. The number of aromatic hydroxyl groups is 1. The molecule has 2 N–H and O–H groups in total. The number of hydrogen-bond acceptors (Lipinski definition) is 2. The molecule has 108 valence electrons. The van der Waals surface area contributed by atoms with Gasteiger partial charge >= 0.3 is 0 Å². The van der Waals surface area contributed by atoms with Crippen molar-refractivity contribution in [1.82, 2.24) is 0 Å². The normalized spacial score (nSPS) is 38.2. The van der Waals surface area contributed by atoms with E-state index in [1.165, 1.54) is 43.4 Å². The molecule has 0 spiro atoms. The van der Waals surface area contributed by atoms with E-state index in [2.05, 4.69) is 18.3 Å². The first-order valence-electron chi connectivity index (χ1n) is 8.20. The Morgan fingerprint density at radius 1 is 1.00 bits per heavy atom. The summed E-state index contributed by atoms with van der Waals surface area (Å²) in [4.78, 5) is 0. The molecule has 5 atom stereocenters. The second-order valence-corrected chi connectivity index (χ2v) is 7.36. The minimum Gasteiger partial charge on any atom is -0.508 e. The Morgan fingerprint density at radius 3 is 2.65 bits per heavy atom. The van der Waals surface area contributed by atoms with Crippen molar-refractivity contribution in [2.75, 3.05) is 5.32 Å². The second kappa shape index (κ2) is 4.41. The van der Waals surface area contributed by atoms with E-state index in [0.717, 1.165) is 29.2 Å². The molecule has 2 nitrogen and oxygen atoms in total. The highest BCUT2D eigenvalue weighted by atomic mass is 16.3. The predicted molar refractivity (Wildman–Crippen MR) is 82.0 cm³/mol. The molecule has 0 aliphatic heterocycles. The molecule has 2 bridgehead atoms. The van der Waals surface area contributed by atoms with Gasteiger partial charge in [0, 0.05) is 11.7 Å². The Hall–Kier alpha value is -1.18. The minimum atomic E-state index is 0.414. The van der Waals surface area contributed by atoms with Crippen LogP contribution in [0.15, 0.2) is 12.1 Å². The topological polar surface area (TPSA) is 32.3 Å². The lowest BCUT2D eigenvalue weighted by Crippen LogP contribution is -2.34. The summed E-state index contributed by atoms with van der Waals surface area (Å²) >= 11 is 0. The highest BCUT2D eigenvalue weighted by Gasteiger charge is 2.53. The highest BCUT2D eigenvalue weighted by molar-refractivity contribution is 5.57. The number of aryl methyl sites for hydroxylation is 2. The molecule has 3 saturated carbocycles. The van der Waals surface area contributed by atoms with Gasteiger partial charge in [-0.25, -0.2) is 0 Å². The van der Waals surface area contributed by atoms with Gasteiger partial charge in [-0.2, -0.15) is 0 Å². The number of phenols is 1. The summed E-state index contributed by atoms with van der Waals surface area (Å²) in [7, 11) is 0. The third-order valence-corrected chi connectivity index (χ3v) is 6.31. The summed E-state index contributed by atoms with van der Waals surface area (Å²) in [5, 5.41) is 13.6. The van der Waals surface area contributed by atoms with Crippen molar-refractivity contribution in [3.05, 3.63) is 23.3 Å². The summed E-state index contributed by atoms with van der Waals surface area (Å²) in [6.45, 7) is 4.07. The molecule has 0 saturated heterocycles. The van der Waals surface area contributed by atoms with Crippen molar-refractivity contribution >= 4 is 5.69 Å². The third kappa shape index (κ3) is 1.77. The van der Waals surface area contributed by atoms with Crippen LogP contribution >= 0.6 is 0 Å². The minimum absolute atomic E-state index is 0.414. The summed E-state index contributed by atoms with van der Waals surface area (Å²) in [5.41, 5.74) is 3.37. The molecule has 1 aromatic rings. The molecule has 4 rings (SSSR count). The molecule has 3 fully saturated rings. The van der Waals surface area contributed by atoms with E-state index in [1.807, 2.05) is 13.0 Å². The van der Waals surface area contributed by atoms with Crippen LogP contribution in [-0.2, 0) is 0 Å². The van der Waals surface area contributed by atoms with Crippen LogP contribution in [0.3, 0.4) is 0 Å². The van der Waals surface area contributed by atoms with Crippen LogP contribution in [0.5, 0.6) is 5.75 Å². The van der Waals surface area contributed by atoms with Gasteiger partial charge in [0.15, 0.2) is 0 Å². The van der Waals surface area contributed by atoms with Crippen molar-refractivity contribution in [3.8, 4) is 5.75 Å².